The van der Waals surface area contributed by atoms with Crippen molar-refractivity contribution in [1.82, 2.24) is 0 Å². The molecule has 0 saturated carbocycles. The highest BCUT2D eigenvalue weighted by atomic mass is 79.9. The maximum atomic E-state index is 10.8. The molecule has 0 N–H and O–H groups in total. The van der Waals surface area contributed by atoms with Crippen LogP contribution in [0, 0.1) is 0 Å². The quantitative estimate of drug-likeness (QED) is 0.401. The molecule has 0 fully saturated rings. The average Bonchev–Trinajstić information content (AvgIpc) is 2.11. The van der Waals surface area contributed by atoms with Gasteiger partial charge >= 0.3 is 5.97 Å². The Kier molecular flexibility index (Phi) is 7.05. The predicted molar refractivity (Wildman–Crippen MR) is 49.3 cm³/mol. The Morgan fingerprint density at radius 1 is 1.42 bits per heavy atom. The van der Waals surface area contributed by atoms with Crippen molar-refractivity contribution in [3.8, 4) is 0 Å². The Labute approximate surface area is 80.6 Å². The summed E-state index contributed by atoms with van der Waals surface area (Å²) in [5.41, 5.74) is 0. The molecule has 0 saturated heterocycles. The Morgan fingerprint density at radius 2 is 2.08 bits per heavy atom. The van der Waals surface area contributed by atoms with Crippen molar-refractivity contribution in [2.75, 3.05) is 11.9 Å². The normalized spacial score (nSPS) is 9.50. The lowest BCUT2D eigenvalue weighted by atomic mass is 10.2. The molecule has 0 aliphatic rings. The van der Waals surface area contributed by atoms with Gasteiger partial charge in [-0.05, 0) is 6.42 Å². The molecule has 70 valence electrons. The summed E-state index contributed by atoms with van der Waals surface area (Å²) in [6, 6.07) is 0. The van der Waals surface area contributed by atoms with Crippen LogP contribution >= 0.6 is 15.9 Å². The molecule has 0 aromatic heterocycles. The molecule has 4 heteroatoms. The van der Waals surface area contributed by atoms with Gasteiger partial charge < -0.3 is 4.74 Å². The molecule has 0 bridgehead atoms. The predicted octanol–water partition coefficient (Wildman–Crippen LogP) is 1.68. The third kappa shape index (κ3) is 6.34. The van der Waals surface area contributed by atoms with E-state index in [1.165, 1.54) is 0 Å². The maximum absolute atomic E-state index is 10.8. The van der Waals surface area contributed by atoms with Crippen LogP contribution in [0.4, 0.5) is 0 Å². The van der Waals surface area contributed by atoms with Crippen LogP contribution in [-0.2, 0) is 14.3 Å². The topological polar surface area (TPSA) is 43.4 Å². The lowest BCUT2D eigenvalue weighted by molar-refractivity contribution is -0.140. The summed E-state index contributed by atoms with van der Waals surface area (Å²) in [7, 11) is 0. The number of rotatable bonds is 6. The highest BCUT2D eigenvalue weighted by Crippen LogP contribution is 1.96. The van der Waals surface area contributed by atoms with Gasteiger partial charge in [0.25, 0.3) is 0 Å². The van der Waals surface area contributed by atoms with Crippen LogP contribution in [0.25, 0.3) is 0 Å². The van der Waals surface area contributed by atoms with Crippen LogP contribution in [0.15, 0.2) is 0 Å². The van der Waals surface area contributed by atoms with Gasteiger partial charge in [0.15, 0.2) is 0 Å². The molecule has 3 nitrogen and oxygen atoms in total. The minimum absolute atomic E-state index is 0.213. The van der Waals surface area contributed by atoms with Gasteiger partial charge in [0.1, 0.15) is 11.1 Å². The van der Waals surface area contributed by atoms with Gasteiger partial charge in [0.2, 0.25) is 0 Å². The van der Waals surface area contributed by atoms with Crippen LogP contribution in [0.2, 0.25) is 0 Å². The molecular weight excluding hydrogens is 224 g/mol. The van der Waals surface area contributed by atoms with Crippen molar-refractivity contribution in [3.63, 3.8) is 0 Å². The van der Waals surface area contributed by atoms with Crippen molar-refractivity contribution in [2.24, 2.45) is 0 Å². The lowest BCUT2D eigenvalue weighted by Crippen LogP contribution is -2.07. The summed E-state index contributed by atoms with van der Waals surface area (Å²) in [5, 5.41) is 0.217. The number of hydrogen-bond donors (Lipinski definition) is 0. The molecule has 0 aromatic carbocycles. The Bertz CT molecular complexity index is 138. The number of ketones is 1. The largest absolute Gasteiger partial charge is 0.465 e. The zero-order chi connectivity index (χ0) is 9.40. The molecule has 0 heterocycles. The second kappa shape index (κ2) is 7.28. The lowest BCUT2D eigenvalue weighted by Gasteiger charge is -2.00. The fraction of sp³-hybridized carbons (Fsp3) is 0.750. The first-order chi connectivity index (χ1) is 5.70. The van der Waals surface area contributed by atoms with Gasteiger partial charge in [0, 0.05) is 12.8 Å². The highest BCUT2D eigenvalue weighted by Gasteiger charge is 2.00. The zero-order valence-electron chi connectivity index (χ0n) is 7.14. The fourth-order valence-electron chi connectivity index (χ4n) is 0.671. The van der Waals surface area contributed by atoms with Gasteiger partial charge in [-0.3, -0.25) is 9.59 Å². The van der Waals surface area contributed by atoms with Gasteiger partial charge in [-0.15, -0.1) is 0 Å². The first-order valence-electron chi connectivity index (χ1n) is 3.94. The van der Waals surface area contributed by atoms with Crippen molar-refractivity contribution < 1.29 is 14.3 Å². The van der Waals surface area contributed by atoms with E-state index in [2.05, 4.69) is 15.9 Å². The summed E-state index contributed by atoms with van der Waals surface area (Å²) in [5.74, 6) is -0.0659. The molecular formula is C8H13BrO3. The minimum atomic E-state index is -0.279. The van der Waals surface area contributed by atoms with E-state index in [1.54, 1.807) is 0 Å². The zero-order valence-corrected chi connectivity index (χ0v) is 8.72. The summed E-state index contributed by atoms with van der Waals surface area (Å²) in [4.78, 5) is 21.3. The number of esters is 1. The highest BCUT2D eigenvalue weighted by molar-refractivity contribution is 9.09. The number of halogens is 1. The van der Waals surface area contributed by atoms with E-state index in [-0.39, 0.29) is 17.1 Å². The first-order valence-corrected chi connectivity index (χ1v) is 5.06. The molecule has 0 aliphatic carbocycles. The number of ether oxygens (including phenoxy) is 1. The van der Waals surface area contributed by atoms with E-state index in [4.69, 9.17) is 4.74 Å². The second-order valence-corrected chi connectivity index (χ2v) is 2.91. The number of alkyl halides is 1. The molecule has 0 aliphatic heterocycles. The summed E-state index contributed by atoms with van der Waals surface area (Å²) in [6.45, 7) is 2.17. The number of carbonyl (C=O) groups is 2. The van der Waals surface area contributed by atoms with Gasteiger partial charge in [-0.1, -0.05) is 22.9 Å². The van der Waals surface area contributed by atoms with E-state index < -0.39 is 0 Å². The Morgan fingerprint density at radius 3 is 2.58 bits per heavy atom. The van der Waals surface area contributed by atoms with Crippen LogP contribution < -0.4 is 0 Å². The van der Waals surface area contributed by atoms with E-state index in [1.807, 2.05) is 6.92 Å². The number of hydrogen-bond acceptors (Lipinski definition) is 3. The van der Waals surface area contributed by atoms with Gasteiger partial charge in [-0.25, -0.2) is 0 Å². The van der Waals surface area contributed by atoms with Crippen LogP contribution in [-0.4, -0.2) is 23.7 Å². The van der Waals surface area contributed by atoms with Gasteiger partial charge in [0.05, 0.1) is 6.61 Å². The minimum Gasteiger partial charge on any atom is -0.465 e. The third-order valence-corrected chi connectivity index (χ3v) is 1.82. The summed E-state index contributed by atoms with van der Waals surface area (Å²) in [6.07, 6.45) is 1.70. The fourth-order valence-corrected chi connectivity index (χ4v) is 0.833. The average molecular weight is 237 g/mol. The van der Waals surface area contributed by atoms with Gasteiger partial charge in [-0.2, -0.15) is 0 Å². The van der Waals surface area contributed by atoms with E-state index in [0.717, 1.165) is 0 Å². The molecule has 0 spiro atoms. The second-order valence-electron chi connectivity index (χ2n) is 2.35. The number of carbonyl (C=O) groups excluding carboxylic acids is 2. The monoisotopic (exact) mass is 236 g/mol. The molecule has 12 heavy (non-hydrogen) atoms. The molecule has 0 amide bonds. The van der Waals surface area contributed by atoms with Crippen LogP contribution in [0.5, 0.6) is 0 Å². The standard InChI is InChI=1S/C8H13BrO3/c1-2-7(10)4-3-5-12-8(11)6-9/h2-6H2,1H3. The third-order valence-electron chi connectivity index (χ3n) is 1.37. The van der Waals surface area contributed by atoms with E-state index in [0.29, 0.717) is 25.9 Å². The van der Waals surface area contributed by atoms with Crippen molar-refractivity contribution in [2.45, 2.75) is 26.2 Å². The summed E-state index contributed by atoms with van der Waals surface area (Å²) < 4.78 is 4.75. The van der Waals surface area contributed by atoms with Crippen LogP contribution in [0.1, 0.15) is 26.2 Å². The first kappa shape index (κ1) is 11.6. The van der Waals surface area contributed by atoms with Crippen LogP contribution in [0.3, 0.4) is 0 Å². The van der Waals surface area contributed by atoms with Crippen molar-refractivity contribution >= 4 is 27.7 Å². The molecule has 0 atom stereocenters. The van der Waals surface area contributed by atoms with E-state index in [9.17, 15) is 9.59 Å². The SMILES string of the molecule is CCC(=O)CCCOC(=O)CBr. The molecule has 0 unspecified atom stereocenters. The smallest absolute Gasteiger partial charge is 0.316 e. The molecule has 0 aromatic rings. The van der Waals surface area contributed by atoms with E-state index >= 15 is 0 Å². The Hall–Kier alpha value is -0.380. The Balaban J connectivity index is 3.21. The summed E-state index contributed by atoms with van der Waals surface area (Å²) >= 11 is 2.97. The van der Waals surface area contributed by atoms with Crippen molar-refractivity contribution in [1.29, 1.82) is 0 Å². The van der Waals surface area contributed by atoms with Crippen molar-refractivity contribution in [3.05, 3.63) is 0 Å². The number of Topliss-reactive ketones (excluding diaryl/α,β-unsaturated/α-hetero) is 1. The maximum Gasteiger partial charge on any atom is 0.316 e. The molecule has 0 radical (unpaired) electrons. The molecule has 0 rings (SSSR count).